The van der Waals surface area contributed by atoms with Crippen molar-refractivity contribution in [3.63, 3.8) is 0 Å². The van der Waals surface area contributed by atoms with Gasteiger partial charge in [-0.15, -0.1) is 0 Å². The molecule has 0 saturated carbocycles. The molecule has 0 bridgehead atoms. The summed E-state index contributed by atoms with van der Waals surface area (Å²) in [6.45, 7) is 4.26. The zero-order valence-electron chi connectivity index (χ0n) is 11.3. The number of piperidine rings is 1. The fourth-order valence-corrected chi connectivity index (χ4v) is 2.64. The topological polar surface area (TPSA) is 45.2 Å². The van der Waals surface area contributed by atoms with Gasteiger partial charge in [-0.05, 0) is 45.2 Å². The van der Waals surface area contributed by atoms with Gasteiger partial charge in [0.1, 0.15) is 5.82 Å². The molecule has 18 heavy (non-hydrogen) atoms. The largest absolute Gasteiger partial charge is 0.373 e. The smallest absolute Gasteiger partial charge is 0.255 e. The van der Waals surface area contributed by atoms with E-state index in [9.17, 15) is 4.79 Å². The second-order valence-electron chi connectivity index (χ2n) is 5.02. The van der Waals surface area contributed by atoms with Gasteiger partial charge < -0.3 is 10.2 Å². The zero-order valence-corrected chi connectivity index (χ0v) is 11.3. The van der Waals surface area contributed by atoms with Gasteiger partial charge >= 0.3 is 0 Å². The number of hydrogen-bond donors (Lipinski definition) is 1. The predicted molar refractivity (Wildman–Crippen MR) is 72.7 cm³/mol. The minimum absolute atomic E-state index is 0.102. The quantitative estimate of drug-likeness (QED) is 0.873. The monoisotopic (exact) mass is 247 g/mol. The molecule has 1 amide bonds. The van der Waals surface area contributed by atoms with E-state index in [-0.39, 0.29) is 5.91 Å². The Hall–Kier alpha value is -1.58. The lowest BCUT2D eigenvalue weighted by molar-refractivity contribution is 0.0510. The van der Waals surface area contributed by atoms with Crippen LogP contribution in [0.1, 0.15) is 43.5 Å². The SMILES string of the molecule is CNc1ccc(C(=O)N2C(C)CCCC2C)cn1. The first-order valence-corrected chi connectivity index (χ1v) is 6.60. The molecular formula is C14H21N3O. The fourth-order valence-electron chi connectivity index (χ4n) is 2.64. The Morgan fingerprint density at radius 3 is 2.50 bits per heavy atom. The van der Waals surface area contributed by atoms with Gasteiger partial charge in [-0.1, -0.05) is 0 Å². The van der Waals surface area contributed by atoms with Crippen LogP contribution in [-0.4, -0.2) is 34.9 Å². The molecule has 98 valence electrons. The number of nitrogens with one attached hydrogen (secondary N) is 1. The Morgan fingerprint density at radius 1 is 1.33 bits per heavy atom. The highest BCUT2D eigenvalue weighted by atomic mass is 16.2. The third-order valence-electron chi connectivity index (χ3n) is 3.69. The van der Waals surface area contributed by atoms with Gasteiger partial charge in [0.15, 0.2) is 0 Å². The van der Waals surface area contributed by atoms with Gasteiger partial charge in [0.2, 0.25) is 0 Å². The predicted octanol–water partition coefficient (Wildman–Crippen LogP) is 2.53. The first-order valence-electron chi connectivity index (χ1n) is 6.60. The van der Waals surface area contributed by atoms with Crippen molar-refractivity contribution >= 4 is 11.7 Å². The molecule has 0 radical (unpaired) electrons. The standard InChI is InChI=1S/C14H21N3O/c1-10-5-4-6-11(2)17(10)14(18)12-7-8-13(15-3)16-9-12/h7-11H,4-6H2,1-3H3,(H,15,16). The highest BCUT2D eigenvalue weighted by Gasteiger charge is 2.29. The molecule has 4 heteroatoms. The third kappa shape index (κ3) is 2.47. The van der Waals surface area contributed by atoms with E-state index >= 15 is 0 Å². The Kier molecular flexibility index (Phi) is 3.84. The lowest BCUT2D eigenvalue weighted by atomic mass is 9.96. The highest BCUT2D eigenvalue weighted by molar-refractivity contribution is 5.94. The number of hydrogen-bond acceptors (Lipinski definition) is 3. The first kappa shape index (κ1) is 12.9. The number of amides is 1. The average molecular weight is 247 g/mol. The van der Waals surface area contributed by atoms with Crippen molar-refractivity contribution in [2.45, 2.75) is 45.2 Å². The molecule has 2 heterocycles. The van der Waals surface area contributed by atoms with E-state index in [4.69, 9.17) is 0 Å². The molecule has 1 aromatic heterocycles. The molecule has 1 aliphatic rings. The van der Waals surface area contributed by atoms with Crippen molar-refractivity contribution in [1.82, 2.24) is 9.88 Å². The summed E-state index contributed by atoms with van der Waals surface area (Å²) >= 11 is 0. The van der Waals surface area contributed by atoms with Crippen LogP contribution in [0.3, 0.4) is 0 Å². The van der Waals surface area contributed by atoms with Crippen molar-refractivity contribution in [3.8, 4) is 0 Å². The van der Waals surface area contributed by atoms with E-state index in [1.54, 1.807) is 6.20 Å². The van der Waals surface area contributed by atoms with E-state index in [0.717, 1.165) is 18.7 Å². The van der Waals surface area contributed by atoms with Gasteiger partial charge in [0.25, 0.3) is 5.91 Å². The van der Waals surface area contributed by atoms with Crippen LogP contribution < -0.4 is 5.32 Å². The van der Waals surface area contributed by atoms with Crippen molar-refractivity contribution in [3.05, 3.63) is 23.9 Å². The maximum atomic E-state index is 12.5. The molecule has 0 aromatic carbocycles. The number of anilines is 1. The van der Waals surface area contributed by atoms with E-state index in [1.807, 2.05) is 24.1 Å². The second-order valence-corrected chi connectivity index (χ2v) is 5.02. The van der Waals surface area contributed by atoms with Crippen LogP contribution in [0.5, 0.6) is 0 Å². The molecule has 0 aliphatic carbocycles. The summed E-state index contributed by atoms with van der Waals surface area (Å²) in [5, 5.41) is 2.95. The van der Waals surface area contributed by atoms with Crippen LogP contribution >= 0.6 is 0 Å². The van der Waals surface area contributed by atoms with E-state index in [2.05, 4.69) is 24.1 Å². The minimum atomic E-state index is 0.102. The lowest BCUT2D eigenvalue weighted by Gasteiger charge is -2.39. The Bertz CT molecular complexity index is 406. The average Bonchev–Trinajstić information content (AvgIpc) is 2.38. The number of rotatable bonds is 2. The number of nitrogens with zero attached hydrogens (tertiary/aromatic N) is 2. The van der Waals surface area contributed by atoms with Gasteiger partial charge in [0, 0.05) is 25.3 Å². The molecule has 1 saturated heterocycles. The Balaban J connectivity index is 2.18. The van der Waals surface area contributed by atoms with Crippen molar-refractivity contribution in [2.24, 2.45) is 0 Å². The van der Waals surface area contributed by atoms with Gasteiger partial charge in [-0.2, -0.15) is 0 Å². The minimum Gasteiger partial charge on any atom is -0.373 e. The molecule has 1 fully saturated rings. The lowest BCUT2D eigenvalue weighted by Crippen LogP contribution is -2.47. The molecular weight excluding hydrogens is 226 g/mol. The molecule has 2 unspecified atom stereocenters. The van der Waals surface area contributed by atoms with Gasteiger partial charge in [0.05, 0.1) is 5.56 Å². The normalized spacial score (nSPS) is 23.8. The van der Waals surface area contributed by atoms with E-state index < -0.39 is 0 Å². The van der Waals surface area contributed by atoms with Crippen LogP contribution in [0, 0.1) is 0 Å². The summed E-state index contributed by atoms with van der Waals surface area (Å²) in [6, 6.07) is 4.33. The van der Waals surface area contributed by atoms with Crippen LogP contribution in [0.25, 0.3) is 0 Å². The van der Waals surface area contributed by atoms with Gasteiger partial charge in [-0.3, -0.25) is 4.79 Å². The first-order chi connectivity index (χ1) is 8.63. The van der Waals surface area contributed by atoms with Crippen LogP contribution in [0.4, 0.5) is 5.82 Å². The molecule has 1 aromatic rings. The molecule has 1 N–H and O–H groups in total. The number of carbonyl (C=O) groups is 1. The van der Waals surface area contributed by atoms with E-state index in [0.29, 0.717) is 17.6 Å². The zero-order chi connectivity index (χ0) is 13.1. The van der Waals surface area contributed by atoms with Crippen molar-refractivity contribution in [1.29, 1.82) is 0 Å². The molecule has 1 aliphatic heterocycles. The maximum absolute atomic E-state index is 12.5. The van der Waals surface area contributed by atoms with Crippen LogP contribution in [-0.2, 0) is 0 Å². The summed E-state index contributed by atoms with van der Waals surface area (Å²) in [7, 11) is 1.82. The summed E-state index contributed by atoms with van der Waals surface area (Å²) < 4.78 is 0. The molecule has 4 nitrogen and oxygen atoms in total. The molecule has 2 rings (SSSR count). The summed E-state index contributed by atoms with van der Waals surface area (Å²) in [5.74, 6) is 0.885. The summed E-state index contributed by atoms with van der Waals surface area (Å²) in [4.78, 5) is 18.7. The second kappa shape index (κ2) is 5.38. The molecule has 0 spiro atoms. The molecule has 2 atom stereocenters. The van der Waals surface area contributed by atoms with Crippen molar-refractivity contribution in [2.75, 3.05) is 12.4 Å². The number of aromatic nitrogens is 1. The Morgan fingerprint density at radius 2 is 2.00 bits per heavy atom. The van der Waals surface area contributed by atoms with E-state index in [1.165, 1.54) is 6.42 Å². The highest BCUT2D eigenvalue weighted by Crippen LogP contribution is 2.24. The fraction of sp³-hybridized carbons (Fsp3) is 0.571. The Labute approximate surface area is 108 Å². The number of likely N-dealkylation sites (tertiary alicyclic amines) is 1. The van der Waals surface area contributed by atoms with Gasteiger partial charge in [-0.25, -0.2) is 4.98 Å². The summed E-state index contributed by atoms with van der Waals surface area (Å²) in [6.07, 6.45) is 5.06. The maximum Gasteiger partial charge on any atom is 0.255 e. The third-order valence-corrected chi connectivity index (χ3v) is 3.69. The van der Waals surface area contributed by atoms with Crippen LogP contribution in [0.15, 0.2) is 18.3 Å². The number of pyridine rings is 1. The van der Waals surface area contributed by atoms with Crippen LogP contribution in [0.2, 0.25) is 0 Å². The van der Waals surface area contributed by atoms with Crippen molar-refractivity contribution < 1.29 is 4.79 Å². The number of carbonyl (C=O) groups excluding carboxylic acids is 1. The summed E-state index contributed by atoms with van der Waals surface area (Å²) in [5.41, 5.74) is 0.676.